The average Bonchev–Trinajstić information content (AvgIpc) is 3.12. The van der Waals surface area contributed by atoms with Crippen LogP contribution in [0, 0.1) is 0 Å². The van der Waals surface area contributed by atoms with E-state index in [-0.39, 0.29) is 41.4 Å². The van der Waals surface area contributed by atoms with Crippen molar-refractivity contribution in [3.05, 3.63) is 17.6 Å². The number of aryl methyl sites for hydroxylation is 1. The Kier molecular flexibility index (Phi) is 6.42. The topological polar surface area (TPSA) is 103 Å². The van der Waals surface area contributed by atoms with Crippen LogP contribution in [0.2, 0.25) is 0 Å². The Bertz CT molecular complexity index is 628. The molecule has 0 spiro atoms. The van der Waals surface area contributed by atoms with Crippen molar-refractivity contribution in [3.63, 3.8) is 0 Å². The molecule has 1 fully saturated rings. The van der Waals surface area contributed by atoms with Crippen molar-refractivity contribution in [2.45, 2.75) is 37.1 Å². The fourth-order valence-corrected chi connectivity index (χ4v) is 4.50. The molecule has 0 radical (unpaired) electrons. The molecule has 0 amide bonds. The van der Waals surface area contributed by atoms with Gasteiger partial charge in [-0.25, -0.2) is 13.2 Å². The monoisotopic (exact) mass is 352 g/mol. The van der Waals surface area contributed by atoms with E-state index in [0.29, 0.717) is 13.0 Å². The number of methoxy groups -OCH3 is 1. The van der Waals surface area contributed by atoms with Gasteiger partial charge in [0.1, 0.15) is 10.7 Å². The number of esters is 1. The van der Waals surface area contributed by atoms with Crippen LogP contribution in [0.15, 0.2) is 15.4 Å². The number of halogens is 1. The maximum absolute atomic E-state index is 12.8. The number of rotatable bonds is 5. The average molecular weight is 353 g/mol. The molecule has 7 nitrogen and oxygen atoms in total. The van der Waals surface area contributed by atoms with E-state index in [4.69, 9.17) is 10.2 Å². The van der Waals surface area contributed by atoms with E-state index < -0.39 is 16.0 Å². The minimum atomic E-state index is -3.71. The second-order valence-electron chi connectivity index (χ2n) is 4.89. The molecule has 0 aromatic carbocycles. The summed E-state index contributed by atoms with van der Waals surface area (Å²) in [6.07, 6.45) is 1.90. The summed E-state index contributed by atoms with van der Waals surface area (Å²) < 4.78 is 36.8. The molecule has 0 aliphatic carbocycles. The second kappa shape index (κ2) is 7.45. The molecule has 2 heterocycles. The molecule has 22 heavy (non-hydrogen) atoms. The Morgan fingerprint density at radius 2 is 2.23 bits per heavy atom. The smallest absolute Gasteiger partial charge is 0.373 e. The van der Waals surface area contributed by atoms with E-state index in [0.717, 1.165) is 12.8 Å². The maximum atomic E-state index is 12.8. The minimum Gasteiger partial charge on any atom is -0.463 e. The minimum absolute atomic E-state index is 0. The van der Waals surface area contributed by atoms with Crippen molar-refractivity contribution in [3.8, 4) is 0 Å². The molecule has 1 aromatic heterocycles. The van der Waals surface area contributed by atoms with Crippen molar-refractivity contribution in [2.24, 2.45) is 5.73 Å². The van der Waals surface area contributed by atoms with Crippen LogP contribution in [0.5, 0.6) is 0 Å². The molecule has 2 N–H and O–H groups in total. The Morgan fingerprint density at radius 3 is 2.77 bits per heavy atom. The molecule has 1 saturated heterocycles. The van der Waals surface area contributed by atoms with Gasteiger partial charge in [-0.1, -0.05) is 6.92 Å². The SMILES string of the molecule is CCc1oc(C(=O)OC)cc1S(=O)(=O)N1CCCC1CN.Cl. The van der Waals surface area contributed by atoms with Gasteiger partial charge >= 0.3 is 5.97 Å². The van der Waals surface area contributed by atoms with E-state index in [9.17, 15) is 13.2 Å². The quantitative estimate of drug-likeness (QED) is 0.798. The number of carbonyl (C=O) groups excluding carboxylic acids is 1. The zero-order valence-electron chi connectivity index (χ0n) is 12.6. The summed E-state index contributed by atoms with van der Waals surface area (Å²) in [7, 11) is -2.49. The summed E-state index contributed by atoms with van der Waals surface area (Å²) in [6, 6.07) is 1.04. The maximum Gasteiger partial charge on any atom is 0.373 e. The van der Waals surface area contributed by atoms with Crippen molar-refractivity contribution >= 4 is 28.4 Å². The zero-order valence-corrected chi connectivity index (χ0v) is 14.2. The molecule has 1 aliphatic heterocycles. The molecule has 0 saturated carbocycles. The molecular formula is C13H21ClN2O5S. The van der Waals surface area contributed by atoms with E-state index in [2.05, 4.69) is 4.74 Å². The van der Waals surface area contributed by atoms with Crippen molar-refractivity contribution in [2.75, 3.05) is 20.2 Å². The predicted molar refractivity (Wildman–Crippen MR) is 82.6 cm³/mol. The Balaban J connectivity index is 0.00000242. The summed E-state index contributed by atoms with van der Waals surface area (Å²) in [4.78, 5) is 11.6. The summed E-state index contributed by atoms with van der Waals surface area (Å²) >= 11 is 0. The van der Waals surface area contributed by atoms with E-state index >= 15 is 0 Å². The molecule has 1 aliphatic rings. The van der Waals surface area contributed by atoms with Crippen molar-refractivity contribution < 1.29 is 22.4 Å². The molecule has 1 aromatic rings. The van der Waals surface area contributed by atoms with E-state index in [1.807, 2.05) is 0 Å². The molecule has 1 unspecified atom stereocenters. The summed E-state index contributed by atoms with van der Waals surface area (Å²) in [5.74, 6) is -0.530. The predicted octanol–water partition coefficient (Wildman–Crippen LogP) is 1.16. The van der Waals surface area contributed by atoms with Crippen LogP contribution in [0.1, 0.15) is 36.1 Å². The van der Waals surface area contributed by atoms with E-state index in [1.165, 1.54) is 17.5 Å². The lowest BCUT2D eigenvalue weighted by Gasteiger charge is -2.22. The van der Waals surface area contributed by atoms with Crippen LogP contribution in [0.3, 0.4) is 0 Å². The van der Waals surface area contributed by atoms with Crippen LogP contribution in [0.4, 0.5) is 0 Å². The first-order chi connectivity index (χ1) is 9.95. The third-order valence-corrected chi connectivity index (χ3v) is 5.66. The number of sulfonamides is 1. The van der Waals surface area contributed by atoms with Crippen molar-refractivity contribution in [1.82, 2.24) is 4.31 Å². The first kappa shape index (κ1) is 19.0. The standard InChI is InChI=1S/C13H20N2O5S.ClH/c1-3-10-12(7-11(20-10)13(16)19-2)21(17,18)15-6-4-5-9(15)8-14;/h7,9H,3-6,8,14H2,1-2H3;1H. The molecular weight excluding hydrogens is 332 g/mol. The number of ether oxygens (including phenoxy) is 1. The highest BCUT2D eigenvalue weighted by Crippen LogP contribution is 2.30. The van der Waals surface area contributed by atoms with Gasteiger partial charge in [-0.3, -0.25) is 0 Å². The van der Waals surface area contributed by atoms with Crippen LogP contribution in [0.25, 0.3) is 0 Å². The second-order valence-corrected chi connectivity index (χ2v) is 6.75. The van der Waals surface area contributed by atoms with Gasteiger partial charge in [0.25, 0.3) is 0 Å². The number of furan rings is 1. The first-order valence-electron chi connectivity index (χ1n) is 6.88. The fourth-order valence-electron chi connectivity index (χ4n) is 2.57. The Morgan fingerprint density at radius 1 is 1.55 bits per heavy atom. The highest BCUT2D eigenvalue weighted by Gasteiger charge is 2.37. The Labute approximate surface area is 136 Å². The lowest BCUT2D eigenvalue weighted by atomic mass is 10.2. The highest BCUT2D eigenvalue weighted by atomic mass is 35.5. The van der Waals surface area contributed by atoms with Gasteiger partial charge in [-0.15, -0.1) is 12.4 Å². The van der Waals surface area contributed by atoms with Gasteiger partial charge < -0.3 is 14.9 Å². The van der Waals surface area contributed by atoms with Crippen LogP contribution in [-0.2, 0) is 21.2 Å². The van der Waals surface area contributed by atoms with Crippen LogP contribution >= 0.6 is 12.4 Å². The third kappa shape index (κ3) is 3.29. The summed E-state index contributed by atoms with van der Waals surface area (Å²) in [5, 5.41) is 0. The summed E-state index contributed by atoms with van der Waals surface area (Å²) in [6.45, 7) is 2.48. The normalized spacial score (nSPS) is 19.0. The molecule has 0 bridgehead atoms. The zero-order chi connectivity index (χ0) is 15.6. The van der Waals surface area contributed by atoms with Crippen LogP contribution in [-0.4, -0.2) is 44.9 Å². The number of nitrogens with two attached hydrogens (primary N) is 1. The fraction of sp³-hybridized carbons (Fsp3) is 0.615. The number of nitrogens with zero attached hydrogens (tertiary/aromatic N) is 1. The lowest BCUT2D eigenvalue weighted by molar-refractivity contribution is 0.0563. The number of hydrogen-bond donors (Lipinski definition) is 1. The van der Waals surface area contributed by atoms with Crippen molar-refractivity contribution in [1.29, 1.82) is 0 Å². The Hall–Kier alpha value is -1.09. The van der Waals surface area contributed by atoms with Gasteiger partial charge in [-0.2, -0.15) is 4.31 Å². The van der Waals surface area contributed by atoms with Gasteiger partial charge in [0.15, 0.2) is 0 Å². The van der Waals surface area contributed by atoms with Gasteiger partial charge in [0.05, 0.1) is 7.11 Å². The highest BCUT2D eigenvalue weighted by molar-refractivity contribution is 7.89. The first-order valence-corrected chi connectivity index (χ1v) is 8.32. The molecule has 9 heteroatoms. The molecule has 1 atom stereocenters. The van der Waals surface area contributed by atoms with Crippen LogP contribution < -0.4 is 5.73 Å². The van der Waals surface area contributed by atoms with Gasteiger partial charge in [0, 0.05) is 31.6 Å². The van der Waals surface area contributed by atoms with Gasteiger partial charge in [-0.05, 0) is 12.8 Å². The summed E-state index contributed by atoms with van der Waals surface area (Å²) in [5.41, 5.74) is 5.64. The largest absolute Gasteiger partial charge is 0.463 e. The molecule has 126 valence electrons. The van der Waals surface area contributed by atoms with Gasteiger partial charge in [0.2, 0.25) is 15.8 Å². The third-order valence-electron chi connectivity index (χ3n) is 3.66. The van der Waals surface area contributed by atoms with E-state index in [1.54, 1.807) is 6.92 Å². The molecule has 2 rings (SSSR count). The number of hydrogen-bond acceptors (Lipinski definition) is 6. The number of carbonyl (C=O) groups is 1. The lowest BCUT2D eigenvalue weighted by Crippen LogP contribution is -2.40.